The Hall–Kier alpha value is -2.87. The maximum absolute atomic E-state index is 13.0. The Morgan fingerprint density at radius 3 is 2.90 bits per heavy atom. The molecule has 2 aliphatic heterocycles. The number of fused-ring (bicyclic) bond motifs is 1. The van der Waals surface area contributed by atoms with Gasteiger partial charge in [-0.2, -0.15) is 0 Å². The van der Waals surface area contributed by atoms with E-state index in [-0.39, 0.29) is 17.2 Å². The lowest BCUT2D eigenvalue weighted by molar-refractivity contribution is -0.117. The minimum absolute atomic E-state index is 0.0243. The van der Waals surface area contributed by atoms with Gasteiger partial charge in [-0.05, 0) is 31.9 Å². The summed E-state index contributed by atoms with van der Waals surface area (Å²) in [6.07, 6.45) is 5.34. The number of nitrogens with zero attached hydrogens (tertiary/aromatic N) is 5. The van der Waals surface area contributed by atoms with Gasteiger partial charge in [0.15, 0.2) is 0 Å². The van der Waals surface area contributed by atoms with Gasteiger partial charge in [0.25, 0.3) is 5.91 Å². The fourth-order valence-electron chi connectivity index (χ4n) is 4.33. The molecule has 0 aliphatic carbocycles. The third kappa shape index (κ3) is 3.67. The number of hydrogen-bond donors (Lipinski definition) is 0. The van der Waals surface area contributed by atoms with Crippen molar-refractivity contribution in [2.75, 3.05) is 38.3 Å². The summed E-state index contributed by atoms with van der Waals surface area (Å²) in [6.45, 7) is 6.19. The van der Waals surface area contributed by atoms with Crippen LogP contribution in [0.3, 0.4) is 0 Å². The van der Waals surface area contributed by atoms with E-state index in [1.54, 1.807) is 36.5 Å². The van der Waals surface area contributed by atoms with E-state index < -0.39 is 0 Å². The molecule has 0 radical (unpaired) electrons. The van der Waals surface area contributed by atoms with Crippen LogP contribution < -0.4 is 4.90 Å². The topological polar surface area (TPSA) is 88.5 Å². The van der Waals surface area contributed by atoms with Gasteiger partial charge in [0.05, 0.1) is 25.1 Å². The fraction of sp³-hybridized carbons (Fsp3) is 0.500. The quantitative estimate of drug-likeness (QED) is 0.750. The first-order valence-corrected chi connectivity index (χ1v) is 10.3. The molecule has 2 aromatic rings. The van der Waals surface area contributed by atoms with E-state index in [4.69, 9.17) is 14.7 Å². The lowest BCUT2D eigenvalue weighted by Crippen LogP contribution is -2.48. The minimum Gasteiger partial charge on any atom is -0.383 e. The molecule has 4 rings (SSSR count). The summed E-state index contributed by atoms with van der Waals surface area (Å²) in [6, 6.07) is 3.56. The summed E-state index contributed by atoms with van der Waals surface area (Å²) in [5, 5.41) is 0. The zero-order valence-corrected chi connectivity index (χ0v) is 17.7. The molecule has 1 saturated heterocycles. The van der Waals surface area contributed by atoms with Crippen molar-refractivity contribution in [2.24, 2.45) is 0 Å². The van der Waals surface area contributed by atoms with E-state index in [0.717, 1.165) is 24.1 Å². The molecule has 0 spiro atoms. The largest absolute Gasteiger partial charge is 0.383 e. The maximum atomic E-state index is 13.0. The number of piperidine rings is 1. The number of hydrogen-bond acceptors (Lipinski definition) is 6. The number of aryl methyl sites for hydroxylation is 1. The van der Waals surface area contributed by atoms with E-state index >= 15 is 0 Å². The number of anilines is 1. The SMILES string of the molecule is COCCN1C(=O)Cc2c(C)nc([C@@]3(C)CCCN(C(=O)c4cccnc4)C3)nc21. The Kier molecular flexibility index (Phi) is 5.51. The lowest BCUT2D eigenvalue weighted by atomic mass is 9.80. The van der Waals surface area contributed by atoms with Crippen molar-refractivity contribution in [1.29, 1.82) is 0 Å². The Balaban J connectivity index is 1.63. The van der Waals surface area contributed by atoms with Gasteiger partial charge >= 0.3 is 0 Å². The molecule has 0 unspecified atom stereocenters. The number of amides is 2. The van der Waals surface area contributed by atoms with Crippen molar-refractivity contribution in [3.63, 3.8) is 0 Å². The number of methoxy groups -OCH3 is 1. The summed E-state index contributed by atoms with van der Waals surface area (Å²) < 4.78 is 5.16. The van der Waals surface area contributed by atoms with Crippen LogP contribution in [0.1, 0.15) is 47.2 Å². The standard InChI is InChI=1S/C22H27N5O3/c1-15-17-12-18(28)27(10-11-30-3)19(17)25-21(24-15)22(2)7-5-9-26(14-22)20(29)16-6-4-8-23-13-16/h4,6,8,13H,5,7,9-12,14H2,1-3H3/t22-/m0/s1. The van der Waals surface area contributed by atoms with E-state index in [1.165, 1.54) is 0 Å². The predicted molar refractivity (Wildman–Crippen MR) is 111 cm³/mol. The molecule has 4 heterocycles. The number of rotatable bonds is 5. The molecule has 1 atom stereocenters. The molecule has 8 heteroatoms. The Bertz CT molecular complexity index is 965. The van der Waals surface area contributed by atoms with Crippen molar-refractivity contribution in [3.8, 4) is 0 Å². The Morgan fingerprint density at radius 1 is 1.33 bits per heavy atom. The van der Waals surface area contributed by atoms with Gasteiger partial charge < -0.3 is 9.64 Å². The second-order valence-corrected chi connectivity index (χ2v) is 8.28. The van der Waals surface area contributed by atoms with Crippen LogP contribution in [0.4, 0.5) is 5.82 Å². The summed E-state index contributed by atoms with van der Waals surface area (Å²) in [7, 11) is 1.62. The Labute approximate surface area is 176 Å². The van der Waals surface area contributed by atoms with Crippen molar-refractivity contribution in [2.45, 2.75) is 38.5 Å². The van der Waals surface area contributed by atoms with Crippen molar-refractivity contribution in [3.05, 3.63) is 47.2 Å². The monoisotopic (exact) mass is 409 g/mol. The van der Waals surface area contributed by atoms with Crippen LogP contribution in [0.5, 0.6) is 0 Å². The molecule has 0 saturated carbocycles. The summed E-state index contributed by atoms with van der Waals surface area (Å²) in [4.78, 5) is 42.7. The minimum atomic E-state index is -0.380. The van der Waals surface area contributed by atoms with Crippen LogP contribution in [-0.2, 0) is 21.4 Å². The van der Waals surface area contributed by atoms with Crippen LogP contribution in [0, 0.1) is 6.92 Å². The van der Waals surface area contributed by atoms with Crippen LogP contribution in [-0.4, -0.2) is 65.0 Å². The average molecular weight is 409 g/mol. The fourth-order valence-corrected chi connectivity index (χ4v) is 4.33. The Morgan fingerprint density at radius 2 is 2.17 bits per heavy atom. The van der Waals surface area contributed by atoms with Gasteiger partial charge in [-0.15, -0.1) is 0 Å². The molecule has 158 valence electrons. The molecule has 0 bridgehead atoms. The predicted octanol–water partition coefficient (Wildman–Crippen LogP) is 1.91. The van der Waals surface area contributed by atoms with Gasteiger partial charge in [0, 0.05) is 49.3 Å². The third-order valence-electron chi connectivity index (χ3n) is 6.03. The maximum Gasteiger partial charge on any atom is 0.255 e. The molecule has 0 N–H and O–H groups in total. The zero-order valence-electron chi connectivity index (χ0n) is 17.7. The van der Waals surface area contributed by atoms with Gasteiger partial charge in [-0.1, -0.05) is 6.92 Å². The first-order chi connectivity index (χ1) is 14.4. The van der Waals surface area contributed by atoms with E-state index in [0.29, 0.717) is 49.9 Å². The lowest BCUT2D eigenvalue weighted by Gasteiger charge is -2.39. The zero-order chi connectivity index (χ0) is 21.3. The first kappa shape index (κ1) is 20.4. The van der Waals surface area contributed by atoms with Gasteiger partial charge in [0.1, 0.15) is 11.6 Å². The van der Waals surface area contributed by atoms with Crippen LogP contribution in [0.2, 0.25) is 0 Å². The number of carbonyl (C=O) groups excluding carboxylic acids is 2. The number of carbonyl (C=O) groups is 2. The smallest absolute Gasteiger partial charge is 0.255 e. The second kappa shape index (κ2) is 8.10. The first-order valence-electron chi connectivity index (χ1n) is 10.3. The van der Waals surface area contributed by atoms with E-state index in [2.05, 4.69) is 11.9 Å². The second-order valence-electron chi connectivity index (χ2n) is 8.28. The average Bonchev–Trinajstić information content (AvgIpc) is 3.08. The van der Waals surface area contributed by atoms with Crippen molar-refractivity contribution < 1.29 is 14.3 Å². The van der Waals surface area contributed by atoms with Crippen molar-refractivity contribution >= 4 is 17.6 Å². The van der Waals surface area contributed by atoms with Gasteiger partial charge in [0.2, 0.25) is 5.91 Å². The molecular formula is C22H27N5O3. The molecule has 30 heavy (non-hydrogen) atoms. The number of ether oxygens (including phenoxy) is 1. The van der Waals surface area contributed by atoms with E-state index in [9.17, 15) is 9.59 Å². The summed E-state index contributed by atoms with van der Waals surface area (Å²) in [5.41, 5.74) is 1.93. The molecule has 0 aromatic carbocycles. The molecule has 1 fully saturated rings. The highest BCUT2D eigenvalue weighted by molar-refractivity contribution is 6.00. The molecule has 2 amide bonds. The normalized spacial score (nSPS) is 21.1. The number of pyridine rings is 1. The molecular weight excluding hydrogens is 382 g/mol. The van der Waals surface area contributed by atoms with Crippen molar-refractivity contribution in [1.82, 2.24) is 19.9 Å². The third-order valence-corrected chi connectivity index (χ3v) is 6.03. The molecule has 2 aromatic heterocycles. The highest BCUT2D eigenvalue weighted by Gasteiger charge is 2.40. The van der Waals surface area contributed by atoms with Crippen LogP contribution in [0.25, 0.3) is 0 Å². The summed E-state index contributed by atoms with van der Waals surface area (Å²) >= 11 is 0. The van der Waals surface area contributed by atoms with E-state index in [1.807, 2.05) is 11.8 Å². The van der Waals surface area contributed by atoms with Gasteiger partial charge in [-0.25, -0.2) is 9.97 Å². The molecule has 2 aliphatic rings. The van der Waals surface area contributed by atoms with Gasteiger partial charge in [-0.3, -0.25) is 19.5 Å². The molecule has 8 nitrogen and oxygen atoms in total. The highest BCUT2D eigenvalue weighted by atomic mass is 16.5. The number of likely N-dealkylation sites (tertiary alicyclic amines) is 1. The highest BCUT2D eigenvalue weighted by Crippen LogP contribution is 2.36. The van der Waals surface area contributed by atoms with Crippen LogP contribution >= 0.6 is 0 Å². The van der Waals surface area contributed by atoms with Crippen LogP contribution in [0.15, 0.2) is 24.5 Å². The summed E-state index contributed by atoms with van der Waals surface area (Å²) in [5.74, 6) is 1.39. The number of aromatic nitrogens is 3.